The second-order valence-corrected chi connectivity index (χ2v) is 16.9. The largest absolute Gasteiger partial charge is 0.458 e. The fraction of sp³-hybridized carbons (Fsp3) is 0.160. The Kier molecular flexibility index (Phi) is 7.92. The molecule has 0 aliphatic carbocycles. The number of aliphatic imine (C=N–C) groups is 2. The molecular formula is C50H41BN6O2. The summed E-state index contributed by atoms with van der Waals surface area (Å²) in [5.74, 6) is 5.06. The van der Waals surface area contributed by atoms with Crippen molar-refractivity contribution in [2.45, 2.75) is 38.8 Å². The normalized spacial score (nSPS) is 16.6. The van der Waals surface area contributed by atoms with Crippen molar-refractivity contribution in [3.05, 3.63) is 163 Å². The lowest BCUT2D eigenvalue weighted by Gasteiger charge is -2.34. The molecule has 4 aliphatic heterocycles. The molecule has 0 amide bonds. The minimum Gasteiger partial charge on any atom is -0.458 e. The molecule has 0 unspecified atom stereocenters. The van der Waals surface area contributed by atoms with Crippen molar-refractivity contribution in [3.63, 3.8) is 0 Å². The molecule has 11 rings (SSSR count). The number of hydrogen-bond acceptors (Lipinski definition) is 8. The van der Waals surface area contributed by atoms with Crippen molar-refractivity contribution in [3.8, 4) is 45.3 Å². The van der Waals surface area contributed by atoms with Crippen molar-refractivity contribution in [2.75, 3.05) is 22.9 Å². The van der Waals surface area contributed by atoms with Crippen LogP contribution in [-0.4, -0.2) is 52.5 Å². The van der Waals surface area contributed by atoms with E-state index >= 15 is 0 Å². The first-order chi connectivity index (χ1) is 28.7. The van der Waals surface area contributed by atoms with Gasteiger partial charge in [0, 0.05) is 40.4 Å². The Morgan fingerprint density at radius 2 is 0.915 bits per heavy atom. The van der Waals surface area contributed by atoms with Crippen LogP contribution in [0.3, 0.4) is 0 Å². The molecule has 2 aromatic heterocycles. The van der Waals surface area contributed by atoms with Crippen LogP contribution in [0.15, 0.2) is 162 Å². The van der Waals surface area contributed by atoms with Gasteiger partial charge in [-0.1, -0.05) is 78.9 Å². The van der Waals surface area contributed by atoms with Crippen LogP contribution in [0.25, 0.3) is 22.3 Å². The molecule has 0 radical (unpaired) electrons. The lowest BCUT2D eigenvalue weighted by Crippen LogP contribution is -2.57. The number of hydrogen-bond donors (Lipinski definition) is 0. The quantitative estimate of drug-likeness (QED) is 0.158. The summed E-state index contributed by atoms with van der Waals surface area (Å²) < 4.78 is 13.3. The van der Waals surface area contributed by atoms with Gasteiger partial charge in [-0.3, -0.25) is 20.0 Å². The monoisotopic (exact) mass is 768 g/mol. The van der Waals surface area contributed by atoms with Gasteiger partial charge >= 0.3 is 0 Å². The van der Waals surface area contributed by atoms with Crippen LogP contribution in [0.5, 0.6) is 23.0 Å². The Morgan fingerprint density at radius 3 is 1.34 bits per heavy atom. The molecule has 5 aromatic carbocycles. The second-order valence-electron chi connectivity index (χ2n) is 16.9. The number of pyridine rings is 2. The standard InChI is InChI=1S/C50H41BN6O2/c1-49(2)30-54-47(56(49)36-12-7-5-8-13-36)40-24-20-34(28-52-40)32-18-22-38-44(26-32)58-42-16-11-17-43-46(42)51(38)39-23-19-33(27-45(39)59-43)35-21-25-41(53-29-35)48-55-31-50(3,4)57(48)37-14-9-6-10-15-37/h5-29H,30-31H2,1-4H3. The molecule has 7 aromatic rings. The third-order valence-electron chi connectivity index (χ3n) is 12.0. The molecule has 0 saturated carbocycles. The van der Waals surface area contributed by atoms with Gasteiger partial charge in [-0.25, -0.2) is 0 Å². The van der Waals surface area contributed by atoms with E-state index in [0.29, 0.717) is 13.1 Å². The van der Waals surface area contributed by atoms with E-state index in [9.17, 15) is 0 Å². The Hall–Kier alpha value is -7.00. The van der Waals surface area contributed by atoms with E-state index in [4.69, 9.17) is 29.4 Å². The van der Waals surface area contributed by atoms with Crippen molar-refractivity contribution < 1.29 is 9.47 Å². The molecule has 8 nitrogen and oxygen atoms in total. The maximum atomic E-state index is 6.64. The number of nitrogens with zero attached hydrogens (tertiary/aromatic N) is 6. The number of para-hydroxylation sites is 2. The summed E-state index contributed by atoms with van der Waals surface area (Å²) in [6, 6.07) is 48.3. The van der Waals surface area contributed by atoms with Gasteiger partial charge in [-0.05, 0) is 110 Å². The Morgan fingerprint density at radius 1 is 0.475 bits per heavy atom. The Bertz CT molecular complexity index is 2650. The van der Waals surface area contributed by atoms with E-state index in [-0.39, 0.29) is 17.8 Å². The molecular weight excluding hydrogens is 727 g/mol. The predicted octanol–water partition coefficient (Wildman–Crippen LogP) is 8.63. The molecule has 6 heterocycles. The number of aromatic nitrogens is 2. The Labute approximate surface area is 344 Å². The number of anilines is 2. The molecule has 0 saturated heterocycles. The van der Waals surface area contributed by atoms with E-state index in [2.05, 4.69) is 147 Å². The fourth-order valence-electron chi connectivity index (χ4n) is 9.06. The lowest BCUT2D eigenvalue weighted by molar-refractivity contribution is 0.464. The van der Waals surface area contributed by atoms with E-state index in [1.807, 2.05) is 42.7 Å². The van der Waals surface area contributed by atoms with Gasteiger partial charge in [-0.2, -0.15) is 0 Å². The zero-order chi connectivity index (χ0) is 39.9. The van der Waals surface area contributed by atoms with Gasteiger partial charge in [0.25, 0.3) is 6.71 Å². The van der Waals surface area contributed by atoms with E-state index in [1.54, 1.807) is 0 Å². The third-order valence-corrected chi connectivity index (χ3v) is 12.0. The number of rotatable bonds is 6. The molecule has 0 spiro atoms. The van der Waals surface area contributed by atoms with Gasteiger partial charge in [-0.15, -0.1) is 0 Å². The maximum absolute atomic E-state index is 6.64. The summed E-state index contributed by atoms with van der Waals surface area (Å²) in [6.45, 7) is 10.2. The number of ether oxygens (including phenoxy) is 2. The molecule has 0 atom stereocenters. The first kappa shape index (κ1) is 35.2. The van der Waals surface area contributed by atoms with E-state index in [1.165, 1.54) is 0 Å². The predicted molar refractivity (Wildman–Crippen MR) is 239 cm³/mol. The summed E-state index contributed by atoms with van der Waals surface area (Å²) >= 11 is 0. The maximum Gasteiger partial charge on any atom is 0.260 e. The summed E-state index contributed by atoms with van der Waals surface area (Å²) in [5.41, 5.74) is 11.0. The molecule has 4 aliphatic rings. The average molecular weight is 769 g/mol. The second kappa shape index (κ2) is 13.3. The van der Waals surface area contributed by atoms with E-state index in [0.717, 1.165) is 96.1 Å². The fourth-order valence-corrected chi connectivity index (χ4v) is 9.06. The smallest absolute Gasteiger partial charge is 0.260 e. The Balaban J connectivity index is 0.886. The SMILES string of the molecule is CC1(C)CN=C(c2ccc(-c3ccc4c(c3)Oc3cccc5c3B4c3ccc(-c4ccc(C6=NCC(C)(C)N6c6ccccc6)nc4)cc3O5)cn2)N1c1ccccc1. The highest BCUT2D eigenvalue weighted by Crippen LogP contribution is 2.38. The van der Waals surface area contributed by atoms with Crippen molar-refractivity contribution in [2.24, 2.45) is 9.98 Å². The lowest BCUT2D eigenvalue weighted by atomic mass is 9.35. The third kappa shape index (κ3) is 5.83. The molecule has 286 valence electrons. The minimum absolute atomic E-state index is 0.0433. The van der Waals surface area contributed by atoms with Crippen LogP contribution >= 0.6 is 0 Å². The van der Waals surface area contributed by atoms with Crippen molar-refractivity contribution in [1.82, 2.24) is 9.97 Å². The average Bonchev–Trinajstić information content (AvgIpc) is 3.77. The summed E-state index contributed by atoms with van der Waals surface area (Å²) in [5, 5.41) is 0. The molecule has 0 fully saturated rings. The first-order valence-electron chi connectivity index (χ1n) is 20.2. The molecule has 9 heteroatoms. The van der Waals surface area contributed by atoms with Crippen LogP contribution in [0.2, 0.25) is 0 Å². The van der Waals surface area contributed by atoms with Gasteiger partial charge in [0.1, 0.15) is 34.4 Å². The highest BCUT2D eigenvalue weighted by atomic mass is 16.5. The van der Waals surface area contributed by atoms with Gasteiger partial charge in [0.2, 0.25) is 0 Å². The highest BCUT2D eigenvalue weighted by Gasteiger charge is 2.41. The summed E-state index contributed by atoms with van der Waals surface area (Å²) in [6.07, 6.45) is 3.88. The van der Waals surface area contributed by atoms with Crippen LogP contribution < -0.4 is 35.7 Å². The molecule has 0 N–H and O–H groups in total. The zero-order valence-corrected chi connectivity index (χ0v) is 33.4. The number of fused-ring (bicyclic) bond motifs is 4. The van der Waals surface area contributed by atoms with Crippen LogP contribution in [0, 0.1) is 0 Å². The minimum atomic E-state index is -0.148. The van der Waals surface area contributed by atoms with Crippen molar-refractivity contribution >= 4 is 46.1 Å². The molecule has 59 heavy (non-hydrogen) atoms. The summed E-state index contributed by atoms with van der Waals surface area (Å²) in [7, 11) is 0. The number of benzene rings is 5. The van der Waals surface area contributed by atoms with Crippen LogP contribution in [0.1, 0.15) is 39.1 Å². The van der Waals surface area contributed by atoms with Crippen molar-refractivity contribution in [1.29, 1.82) is 0 Å². The van der Waals surface area contributed by atoms with E-state index < -0.39 is 0 Å². The van der Waals surface area contributed by atoms with Crippen LogP contribution in [-0.2, 0) is 0 Å². The number of amidine groups is 2. The topological polar surface area (TPSA) is 75.4 Å². The van der Waals surface area contributed by atoms with Gasteiger partial charge < -0.3 is 19.3 Å². The molecule has 0 bridgehead atoms. The van der Waals surface area contributed by atoms with Gasteiger partial charge in [0.15, 0.2) is 11.7 Å². The van der Waals surface area contributed by atoms with Crippen LogP contribution in [0.4, 0.5) is 11.4 Å². The first-order valence-corrected chi connectivity index (χ1v) is 20.2. The zero-order valence-electron chi connectivity index (χ0n) is 33.4. The highest BCUT2D eigenvalue weighted by molar-refractivity contribution is 6.98. The summed E-state index contributed by atoms with van der Waals surface area (Å²) in [4.78, 5) is 24.4. The van der Waals surface area contributed by atoms with Gasteiger partial charge in [0.05, 0.1) is 24.2 Å².